The van der Waals surface area contributed by atoms with E-state index in [0.29, 0.717) is 5.75 Å². The van der Waals surface area contributed by atoms with Crippen LogP contribution in [0.15, 0.2) is 47.6 Å². The maximum Gasteiger partial charge on any atom is 0.277 e. The number of amides is 1. The van der Waals surface area contributed by atoms with Crippen molar-refractivity contribution in [2.24, 2.45) is 5.10 Å². The molecule has 0 heterocycles. The van der Waals surface area contributed by atoms with Gasteiger partial charge in [0.15, 0.2) is 6.61 Å². The average Bonchev–Trinajstić information content (AvgIpc) is 2.57. The van der Waals surface area contributed by atoms with Crippen LogP contribution in [0.1, 0.15) is 35.1 Å². The summed E-state index contributed by atoms with van der Waals surface area (Å²) in [6.07, 6.45) is 3.01. The van der Waals surface area contributed by atoms with Crippen LogP contribution in [0.5, 0.6) is 5.75 Å². The van der Waals surface area contributed by atoms with E-state index in [1.165, 1.54) is 5.56 Å². The van der Waals surface area contributed by atoms with E-state index in [9.17, 15) is 4.79 Å². The van der Waals surface area contributed by atoms with Crippen molar-refractivity contribution < 1.29 is 9.53 Å². The third-order valence-corrected chi connectivity index (χ3v) is 4.07. The third-order valence-electron chi connectivity index (χ3n) is 4.07. The molecule has 1 amide bonds. The van der Waals surface area contributed by atoms with E-state index < -0.39 is 0 Å². The van der Waals surface area contributed by atoms with Crippen LogP contribution < -0.4 is 10.2 Å². The van der Waals surface area contributed by atoms with E-state index >= 15 is 0 Å². The van der Waals surface area contributed by atoms with Gasteiger partial charge < -0.3 is 4.74 Å². The van der Waals surface area contributed by atoms with Crippen LogP contribution in [0.3, 0.4) is 0 Å². The summed E-state index contributed by atoms with van der Waals surface area (Å²) in [6.45, 7) is 3.97. The van der Waals surface area contributed by atoms with Crippen LogP contribution in [0.2, 0.25) is 0 Å². The average molecular weight is 322 g/mol. The number of carbonyl (C=O) groups is 1. The normalized spacial score (nSPS) is 15.0. The number of aryl methyl sites for hydroxylation is 3. The molecule has 4 heteroatoms. The molecule has 0 aliphatic heterocycles. The Kier molecular flexibility index (Phi) is 4.94. The summed E-state index contributed by atoms with van der Waals surface area (Å²) in [4.78, 5) is 12.0. The molecular weight excluding hydrogens is 300 g/mol. The van der Waals surface area contributed by atoms with E-state index in [-0.39, 0.29) is 12.5 Å². The molecule has 124 valence electrons. The largest absolute Gasteiger partial charge is 0.484 e. The van der Waals surface area contributed by atoms with Gasteiger partial charge in [-0.15, -0.1) is 0 Å². The Morgan fingerprint density at radius 1 is 1.12 bits per heavy atom. The Morgan fingerprint density at radius 2 is 1.88 bits per heavy atom. The van der Waals surface area contributed by atoms with E-state index in [1.54, 1.807) is 0 Å². The number of hydrazone groups is 1. The molecule has 2 aromatic rings. The fourth-order valence-electron chi connectivity index (χ4n) is 3.04. The number of fused-ring (bicyclic) bond motifs is 1. The lowest BCUT2D eigenvalue weighted by Crippen LogP contribution is -2.27. The van der Waals surface area contributed by atoms with Gasteiger partial charge in [-0.05, 0) is 61.9 Å². The standard InChI is InChI=1S/C20H22N2O2/c1-14-10-15(2)12-17(11-14)24-13-20(23)22-21-19-9-5-7-16-6-3-4-8-18(16)19/h3-4,6,8,10-12H,5,7,9,13H2,1-2H3,(H,22,23)/b21-19+. The van der Waals surface area contributed by atoms with Crippen molar-refractivity contribution in [2.45, 2.75) is 33.1 Å². The smallest absolute Gasteiger partial charge is 0.277 e. The van der Waals surface area contributed by atoms with Gasteiger partial charge in [-0.2, -0.15) is 5.10 Å². The lowest BCUT2D eigenvalue weighted by molar-refractivity contribution is -0.123. The molecule has 0 radical (unpaired) electrons. The molecule has 0 aromatic heterocycles. The summed E-state index contributed by atoms with van der Waals surface area (Å²) in [6, 6.07) is 14.1. The SMILES string of the molecule is Cc1cc(C)cc(OCC(=O)N/N=C2\CCCc3ccccc32)c1. The van der Waals surface area contributed by atoms with Crippen molar-refractivity contribution in [3.05, 3.63) is 64.7 Å². The van der Waals surface area contributed by atoms with Crippen molar-refractivity contribution in [2.75, 3.05) is 6.61 Å². The van der Waals surface area contributed by atoms with Crippen molar-refractivity contribution in [1.29, 1.82) is 0 Å². The number of hydrogen-bond acceptors (Lipinski definition) is 3. The second-order valence-corrected chi connectivity index (χ2v) is 6.22. The van der Waals surface area contributed by atoms with Crippen LogP contribution >= 0.6 is 0 Å². The van der Waals surface area contributed by atoms with Gasteiger partial charge in [-0.25, -0.2) is 5.43 Å². The maximum atomic E-state index is 12.0. The first-order valence-corrected chi connectivity index (χ1v) is 8.26. The quantitative estimate of drug-likeness (QED) is 0.875. The minimum absolute atomic E-state index is 0.0404. The fraction of sp³-hybridized carbons (Fsp3) is 0.300. The lowest BCUT2D eigenvalue weighted by atomic mass is 9.90. The Bertz CT molecular complexity index is 761. The third kappa shape index (κ3) is 4.02. The molecule has 1 N–H and O–H groups in total. The summed E-state index contributed by atoms with van der Waals surface area (Å²) in [7, 11) is 0. The first-order valence-electron chi connectivity index (χ1n) is 8.26. The Hall–Kier alpha value is -2.62. The van der Waals surface area contributed by atoms with Crippen molar-refractivity contribution in [3.63, 3.8) is 0 Å². The summed E-state index contributed by atoms with van der Waals surface area (Å²) >= 11 is 0. The van der Waals surface area contributed by atoms with Crippen LogP contribution in [0, 0.1) is 13.8 Å². The van der Waals surface area contributed by atoms with Gasteiger partial charge in [-0.1, -0.05) is 30.3 Å². The molecule has 4 nitrogen and oxygen atoms in total. The first kappa shape index (κ1) is 16.2. The number of hydrogen-bond donors (Lipinski definition) is 1. The zero-order chi connectivity index (χ0) is 16.9. The predicted molar refractivity (Wildman–Crippen MR) is 95.5 cm³/mol. The summed E-state index contributed by atoms with van der Waals surface area (Å²) in [5.74, 6) is 0.461. The van der Waals surface area contributed by atoms with Crippen LogP contribution in [-0.2, 0) is 11.2 Å². The minimum Gasteiger partial charge on any atom is -0.484 e. The maximum absolute atomic E-state index is 12.0. The second kappa shape index (κ2) is 7.30. The second-order valence-electron chi connectivity index (χ2n) is 6.22. The molecule has 0 saturated heterocycles. The molecular formula is C20H22N2O2. The molecule has 24 heavy (non-hydrogen) atoms. The van der Waals surface area contributed by atoms with Crippen LogP contribution in [0.4, 0.5) is 0 Å². The number of nitrogens with zero attached hydrogens (tertiary/aromatic N) is 1. The highest BCUT2D eigenvalue weighted by atomic mass is 16.5. The lowest BCUT2D eigenvalue weighted by Gasteiger charge is -2.17. The zero-order valence-electron chi connectivity index (χ0n) is 14.1. The van der Waals surface area contributed by atoms with Gasteiger partial charge in [0.05, 0.1) is 5.71 Å². The first-order chi connectivity index (χ1) is 11.6. The number of ether oxygens (including phenoxy) is 1. The number of nitrogens with one attached hydrogen (secondary N) is 1. The van der Waals surface area contributed by atoms with Crippen LogP contribution in [0.25, 0.3) is 0 Å². The van der Waals surface area contributed by atoms with Gasteiger partial charge in [-0.3, -0.25) is 4.79 Å². The Labute approximate surface area is 142 Å². The van der Waals surface area contributed by atoms with E-state index in [4.69, 9.17) is 4.74 Å². The topological polar surface area (TPSA) is 50.7 Å². The molecule has 0 atom stereocenters. The molecule has 0 bridgehead atoms. The Morgan fingerprint density at radius 3 is 2.67 bits per heavy atom. The van der Waals surface area contributed by atoms with Gasteiger partial charge in [0.2, 0.25) is 0 Å². The van der Waals surface area contributed by atoms with E-state index in [2.05, 4.69) is 28.7 Å². The molecule has 0 spiro atoms. The van der Waals surface area contributed by atoms with Gasteiger partial charge in [0.1, 0.15) is 5.75 Å². The number of benzene rings is 2. The van der Waals surface area contributed by atoms with Crippen molar-refractivity contribution in [1.82, 2.24) is 5.43 Å². The van der Waals surface area contributed by atoms with Crippen LogP contribution in [-0.4, -0.2) is 18.2 Å². The highest BCUT2D eigenvalue weighted by molar-refractivity contribution is 6.03. The molecule has 2 aromatic carbocycles. The van der Waals surface area contributed by atoms with E-state index in [1.807, 2.05) is 38.1 Å². The molecule has 0 unspecified atom stereocenters. The molecule has 1 aliphatic rings. The minimum atomic E-state index is -0.246. The van der Waals surface area contributed by atoms with Crippen molar-refractivity contribution in [3.8, 4) is 5.75 Å². The fourth-order valence-corrected chi connectivity index (χ4v) is 3.04. The summed E-state index contributed by atoms with van der Waals surface area (Å²) in [5, 5.41) is 4.31. The van der Waals surface area contributed by atoms with E-state index in [0.717, 1.165) is 41.7 Å². The van der Waals surface area contributed by atoms with Gasteiger partial charge >= 0.3 is 0 Å². The van der Waals surface area contributed by atoms with Gasteiger partial charge in [0.25, 0.3) is 5.91 Å². The zero-order valence-corrected chi connectivity index (χ0v) is 14.1. The predicted octanol–water partition coefficient (Wildman–Crippen LogP) is 3.54. The summed E-state index contributed by atoms with van der Waals surface area (Å²) < 4.78 is 5.56. The monoisotopic (exact) mass is 322 g/mol. The van der Waals surface area contributed by atoms with Crippen molar-refractivity contribution >= 4 is 11.6 Å². The summed E-state index contributed by atoms with van der Waals surface area (Å²) in [5.41, 5.74) is 8.22. The molecule has 0 saturated carbocycles. The Balaban J connectivity index is 1.60. The molecule has 1 aliphatic carbocycles. The molecule has 0 fully saturated rings. The van der Waals surface area contributed by atoms with Gasteiger partial charge in [0, 0.05) is 5.56 Å². The highest BCUT2D eigenvalue weighted by Crippen LogP contribution is 2.21. The highest BCUT2D eigenvalue weighted by Gasteiger charge is 2.15. The molecule has 3 rings (SSSR count). The number of carbonyl (C=O) groups excluding carboxylic acids is 1. The number of rotatable bonds is 4.